The van der Waals surface area contributed by atoms with E-state index in [0.29, 0.717) is 18.5 Å². The molecule has 0 aliphatic heterocycles. The van der Waals surface area contributed by atoms with Crippen LogP contribution in [-0.2, 0) is 11.3 Å². The van der Waals surface area contributed by atoms with Crippen molar-refractivity contribution in [1.82, 2.24) is 10.3 Å². The van der Waals surface area contributed by atoms with E-state index in [9.17, 15) is 0 Å². The van der Waals surface area contributed by atoms with Crippen LogP contribution in [0.15, 0.2) is 39.4 Å². The number of aromatic nitrogens is 1. The molecule has 1 heterocycles. The molecule has 0 saturated carbocycles. The third-order valence-electron chi connectivity index (χ3n) is 2.91. The number of rotatable bonds is 8. The molecule has 0 aliphatic rings. The van der Waals surface area contributed by atoms with Gasteiger partial charge in [-0.3, -0.25) is 0 Å². The number of hydrogen-bond donors (Lipinski definition) is 1. The van der Waals surface area contributed by atoms with E-state index in [-0.39, 0.29) is 0 Å². The molecular weight excluding hydrogens is 332 g/mol. The maximum atomic E-state index is 5.54. The summed E-state index contributed by atoms with van der Waals surface area (Å²) in [6.07, 6.45) is 2.99. The molecule has 2 aromatic rings. The molecule has 0 amide bonds. The molecule has 5 heteroatoms. The van der Waals surface area contributed by atoms with Crippen LogP contribution in [-0.4, -0.2) is 24.2 Å². The van der Waals surface area contributed by atoms with Gasteiger partial charge >= 0.3 is 0 Å². The van der Waals surface area contributed by atoms with Crippen molar-refractivity contribution < 1.29 is 9.15 Å². The molecule has 2 rings (SSSR count). The Labute approximate surface area is 134 Å². The van der Waals surface area contributed by atoms with Gasteiger partial charge in [-0.15, -0.1) is 0 Å². The van der Waals surface area contributed by atoms with Gasteiger partial charge in [0.15, 0.2) is 0 Å². The Morgan fingerprint density at radius 2 is 2.14 bits per heavy atom. The quantitative estimate of drug-likeness (QED) is 0.729. The maximum Gasteiger partial charge on any atom is 0.227 e. The molecule has 1 aromatic heterocycles. The Morgan fingerprint density at radius 1 is 1.33 bits per heavy atom. The molecule has 114 valence electrons. The summed E-state index contributed by atoms with van der Waals surface area (Å²) < 4.78 is 12.0. The van der Waals surface area contributed by atoms with Gasteiger partial charge < -0.3 is 14.5 Å². The van der Waals surface area contributed by atoms with E-state index in [2.05, 4.69) is 26.2 Å². The lowest BCUT2D eigenvalue weighted by Gasteiger charge is -2.07. The molecule has 0 radical (unpaired) electrons. The lowest BCUT2D eigenvalue weighted by atomic mass is 10.2. The van der Waals surface area contributed by atoms with Gasteiger partial charge in [-0.05, 0) is 54.9 Å². The fourth-order valence-electron chi connectivity index (χ4n) is 1.88. The van der Waals surface area contributed by atoms with Gasteiger partial charge in [-0.25, -0.2) is 4.98 Å². The molecule has 0 fully saturated rings. The van der Waals surface area contributed by atoms with E-state index in [0.717, 1.165) is 35.3 Å². The molecule has 4 nitrogen and oxygen atoms in total. The van der Waals surface area contributed by atoms with Gasteiger partial charge in [0.1, 0.15) is 6.26 Å². The van der Waals surface area contributed by atoms with Crippen LogP contribution in [0, 0.1) is 0 Å². The minimum Gasteiger partial charge on any atom is -0.444 e. The van der Waals surface area contributed by atoms with Crippen molar-refractivity contribution in [3.63, 3.8) is 0 Å². The molecule has 0 bridgehead atoms. The maximum absolute atomic E-state index is 5.54. The van der Waals surface area contributed by atoms with Gasteiger partial charge in [0, 0.05) is 17.6 Å². The van der Waals surface area contributed by atoms with Crippen LogP contribution >= 0.6 is 15.9 Å². The standard InChI is InChI=1S/C16H21BrN2O2/c1-12(2)20-9-5-8-18-10-13-11-21-16(19-13)14-6-3-4-7-15(14)17/h3-4,6-7,11-12,18H,5,8-10H2,1-2H3. The first kappa shape index (κ1) is 16.2. The minimum absolute atomic E-state index is 0.299. The summed E-state index contributed by atoms with van der Waals surface area (Å²) >= 11 is 3.51. The zero-order valence-corrected chi connectivity index (χ0v) is 14.0. The van der Waals surface area contributed by atoms with Gasteiger partial charge in [0.05, 0.1) is 17.4 Å². The Kier molecular flexibility index (Phi) is 6.42. The number of hydrogen-bond acceptors (Lipinski definition) is 4. The first-order valence-electron chi connectivity index (χ1n) is 7.18. The van der Waals surface area contributed by atoms with Crippen molar-refractivity contribution in [2.24, 2.45) is 0 Å². The van der Waals surface area contributed by atoms with E-state index in [1.54, 1.807) is 6.26 Å². The van der Waals surface area contributed by atoms with Crippen LogP contribution in [0.1, 0.15) is 26.0 Å². The van der Waals surface area contributed by atoms with Gasteiger partial charge in [-0.2, -0.15) is 0 Å². The lowest BCUT2D eigenvalue weighted by molar-refractivity contribution is 0.0770. The number of nitrogens with one attached hydrogen (secondary N) is 1. The second kappa shape index (κ2) is 8.32. The second-order valence-electron chi connectivity index (χ2n) is 5.07. The van der Waals surface area contributed by atoms with Gasteiger partial charge in [0.2, 0.25) is 5.89 Å². The molecule has 0 atom stereocenters. The number of halogens is 1. The molecule has 0 saturated heterocycles. The monoisotopic (exact) mass is 352 g/mol. The summed E-state index contributed by atoms with van der Waals surface area (Å²) in [5.74, 6) is 0.641. The highest BCUT2D eigenvalue weighted by atomic mass is 79.9. The normalized spacial score (nSPS) is 11.2. The fourth-order valence-corrected chi connectivity index (χ4v) is 2.33. The predicted octanol–water partition coefficient (Wildman–Crippen LogP) is 4.01. The number of oxazole rings is 1. The van der Waals surface area contributed by atoms with Crippen LogP contribution in [0.25, 0.3) is 11.5 Å². The first-order valence-corrected chi connectivity index (χ1v) is 7.97. The summed E-state index contributed by atoms with van der Waals surface area (Å²) in [7, 11) is 0. The summed E-state index contributed by atoms with van der Waals surface area (Å²) in [6, 6.07) is 7.90. The minimum atomic E-state index is 0.299. The SMILES string of the molecule is CC(C)OCCCNCc1coc(-c2ccccc2Br)n1. The molecule has 21 heavy (non-hydrogen) atoms. The lowest BCUT2D eigenvalue weighted by Crippen LogP contribution is -2.17. The fraction of sp³-hybridized carbons (Fsp3) is 0.438. The van der Waals surface area contributed by atoms with Crippen LogP contribution in [0.5, 0.6) is 0 Å². The largest absolute Gasteiger partial charge is 0.444 e. The van der Waals surface area contributed by atoms with Gasteiger partial charge in [-0.1, -0.05) is 12.1 Å². The molecular formula is C16H21BrN2O2. The highest BCUT2D eigenvalue weighted by molar-refractivity contribution is 9.10. The average Bonchev–Trinajstić information content (AvgIpc) is 2.91. The molecule has 1 aromatic carbocycles. The second-order valence-corrected chi connectivity index (χ2v) is 5.93. The first-order chi connectivity index (χ1) is 10.2. The van der Waals surface area contributed by atoms with Crippen molar-refractivity contribution in [3.8, 4) is 11.5 Å². The highest BCUT2D eigenvalue weighted by Gasteiger charge is 2.09. The smallest absolute Gasteiger partial charge is 0.227 e. The Bertz CT molecular complexity index is 555. The number of benzene rings is 1. The summed E-state index contributed by atoms with van der Waals surface area (Å²) in [5.41, 5.74) is 1.87. The van der Waals surface area contributed by atoms with Crippen molar-refractivity contribution in [1.29, 1.82) is 0 Å². The molecule has 0 aliphatic carbocycles. The van der Waals surface area contributed by atoms with Crippen LogP contribution < -0.4 is 5.32 Å². The summed E-state index contributed by atoms with van der Waals surface area (Å²) in [6.45, 7) is 6.49. The van der Waals surface area contributed by atoms with E-state index >= 15 is 0 Å². The third-order valence-corrected chi connectivity index (χ3v) is 3.60. The molecule has 0 unspecified atom stereocenters. The van der Waals surface area contributed by atoms with E-state index in [4.69, 9.17) is 9.15 Å². The topological polar surface area (TPSA) is 47.3 Å². The Hall–Kier alpha value is -1.17. The predicted molar refractivity (Wildman–Crippen MR) is 87.1 cm³/mol. The number of ether oxygens (including phenoxy) is 1. The zero-order chi connectivity index (χ0) is 15.1. The molecule has 0 spiro atoms. The summed E-state index contributed by atoms with van der Waals surface area (Å²) in [5, 5.41) is 3.34. The molecule has 1 N–H and O–H groups in total. The van der Waals surface area contributed by atoms with Crippen LogP contribution in [0.3, 0.4) is 0 Å². The van der Waals surface area contributed by atoms with Crippen LogP contribution in [0.2, 0.25) is 0 Å². The summed E-state index contributed by atoms with van der Waals surface area (Å²) in [4.78, 5) is 4.50. The Balaban J connectivity index is 1.78. The van der Waals surface area contributed by atoms with Gasteiger partial charge in [0.25, 0.3) is 0 Å². The highest BCUT2D eigenvalue weighted by Crippen LogP contribution is 2.26. The van der Waals surface area contributed by atoms with Crippen molar-refractivity contribution in [3.05, 3.63) is 40.7 Å². The zero-order valence-electron chi connectivity index (χ0n) is 12.4. The van der Waals surface area contributed by atoms with E-state index < -0.39 is 0 Å². The number of nitrogens with zero attached hydrogens (tertiary/aromatic N) is 1. The van der Waals surface area contributed by atoms with Crippen molar-refractivity contribution >= 4 is 15.9 Å². The van der Waals surface area contributed by atoms with Crippen LogP contribution in [0.4, 0.5) is 0 Å². The van der Waals surface area contributed by atoms with Crippen molar-refractivity contribution in [2.45, 2.75) is 32.9 Å². The van der Waals surface area contributed by atoms with E-state index in [1.807, 2.05) is 38.1 Å². The Morgan fingerprint density at radius 3 is 2.90 bits per heavy atom. The third kappa shape index (κ3) is 5.26. The van der Waals surface area contributed by atoms with Crippen molar-refractivity contribution in [2.75, 3.05) is 13.2 Å². The average molecular weight is 353 g/mol. The van der Waals surface area contributed by atoms with E-state index in [1.165, 1.54) is 0 Å².